The number of hydrogen-bond acceptors (Lipinski definition) is 1. The summed E-state index contributed by atoms with van der Waals surface area (Å²) in [4.78, 5) is 0. The van der Waals surface area contributed by atoms with Crippen LogP contribution in [0.5, 0.6) is 0 Å². The van der Waals surface area contributed by atoms with Crippen LogP contribution in [0.25, 0.3) is 0 Å². The molecule has 0 spiro atoms. The van der Waals surface area contributed by atoms with Gasteiger partial charge in [0.25, 0.3) is 0 Å². The smallest absolute Gasteiger partial charge is 0.00389 e. The minimum absolute atomic E-state index is 1.12. The van der Waals surface area contributed by atoms with Crippen molar-refractivity contribution >= 4 is 11.8 Å². The maximum atomic E-state index is 2.17. The van der Waals surface area contributed by atoms with Gasteiger partial charge in [-0.1, -0.05) is 0 Å². The van der Waals surface area contributed by atoms with E-state index in [1.54, 1.807) is 6.42 Å². The highest BCUT2D eigenvalue weighted by Gasteiger charge is 2.28. The van der Waals surface area contributed by atoms with Crippen LogP contribution in [0.2, 0.25) is 0 Å². The Morgan fingerprint density at radius 3 is 2.12 bits per heavy atom. The molecule has 0 aromatic carbocycles. The van der Waals surface area contributed by atoms with Crippen molar-refractivity contribution in [2.45, 2.75) is 19.3 Å². The lowest BCUT2D eigenvalue weighted by Gasteiger charge is -2.16. The maximum Gasteiger partial charge on any atom is -0.00389 e. The summed E-state index contributed by atoms with van der Waals surface area (Å²) in [7, 11) is 0. The molecule has 2 aliphatic rings. The second kappa shape index (κ2) is 1.94. The molecule has 0 aromatic heterocycles. The Hall–Kier alpha value is 0.350. The Balaban J connectivity index is 2.03. The molecule has 8 heavy (non-hydrogen) atoms. The van der Waals surface area contributed by atoms with Crippen LogP contribution in [-0.4, -0.2) is 11.5 Å². The normalized spacial score (nSPS) is 45.0. The molecule has 0 N–H and O–H groups in total. The van der Waals surface area contributed by atoms with Crippen molar-refractivity contribution in [1.29, 1.82) is 0 Å². The molecule has 2 fully saturated rings. The Morgan fingerprint density at radius 2 is 1.62 bits per heavy atom. The standard InChI is InChI=1S/C7H12S/c1-2-7-3-6(1)4-8-5-7/h6-7H,1-5H2. The molecule has 0 nitrogen and oxygen atoms in total. The summed E-state index contributed by atoms with van der Waals surface area (Å²) in [5, 5.41) is 0. The summed E-state index contributed by atoms with van der Waals surface area (Å²) in [6, 6.07) is 0. The fourth-order valence-electron chi connectivity index (χ4n) is 1.88. The Kier molecular flexibility index (Phi) is 1.25. The van der Waals surface area contributed by atoms with E-state index in [2.05, 4.69) is 11.8 Å². The molecule has 2 bridgehead atoms. The molecule has 0 aromatic rings. The van der Waals surface area contributed by atoms with E-state index in [4.69, 9.17) is 0 Å². The first-order valence-electron chi connectivity index (χ1n) is 3.53. The van der Waals surface area contributed by atoms with Crippen molar-refractivity contribution in [3.05, 3.63) is 0 Å². The highest BCUT2D eigenvalue weighted by atomic mass is 32.2. The molecule has 2 unspecified atom stereocenters. The number of fused-ring (bicyclic) bond motifs is 2. The molecule has 0 radical (unpaired) electrons. The summed E-state index contributed by atoms with van der Waals surface area (Å²) in [6.45, 7) is 0. The molecule has 1 aliphatic heterocycles. The largest absolute Gasteiger partial charge is 0.161 e. The van der Waals surface area contributed by atoms with Crippen molar-refractivity contribution in [3.63, 3.8) is 0 Å². The summed E-state index contributed by atoms with van der Waals surface area (Å²) in [5.74, 6) is 5.19. The van der Waals surface area contributed by atoms with Crippen molar-refractivity contribution in [3.8, 4) is 0 Å². The van der Waals surface area contributed by atoms with Gasteiger partial charge in [-0.15, -0.1) is 0 Å². The zero-order valence-corrected chi connectivity index (χ0v) is 5.91. The molecular weight excluding hydrogens is 116 g/mol. The van der Waals surface area contributed by atoms with Crippen molar-refractivity contribution in [2.75, 3.05) is 11.5 Å². The van der Waals surface area contributed by atoms with Gasteiger partial charge in [0.1, 0.15) is 0 Å². The summed E-state index contributed by atoms with van der Waals surface area (Å²) < 4.78 is 0. The van der Waals surface area contributed by atoms with Crippen LogP contribution in [0.3, 0.4) is 0 Å². The third-order valence-electron chi connectivity index (χ3n) is 2.36. The molecule has 2 rings (SSSR count). The Morgan fingerprint density at radius 1 is 1.00 bits per heavy atom. The average molecular weight is 128 g/mol. The first-order chi connectivity index (χ1) is 3.95. The van der Waals surface area contributed by atoms with Gasteiger partial charge in [0.05, 0.1) is 0 Å². The van der Waals surface area contributed by atoms with E-state index in [1.165, 1.54) is 24.3 Å². The van der Waals surface area contributed by atoms with Crippen molar-refractivity contribution < 1.29 is 0 Å². The van der Waals surface area contributed by atoms with Crippen LogP contribution in [0.4, 0.5) is 0 Å². The summed E-state index contributed by atoms with van der Waals surface area (Å²) in [5.41, 5.74) is 0. The molecule has 1 aliphatic carbocycles. The van der Waals surface area contributed by atoms with Crippen molar-refractivity contribution in [1.82, 2.24) is 0 Å². The van der Waals surface area contributed by atoms with E-state index in [-0.39, 0.29) is 0 Å². The molecule has 1 heteroatoms. The van der Waals surface area contributed by atoms with E-state index >= 15 is 0 Å². The van der Waals surface area contributed by atoms with E-state index in [0.717, 1.165) is 11.8 Å². The molecule has 1 heterocycles. The van der Waals surface area contributed by atoms with Gasteiger partial charge >= 0.3 is 0 Å². The SMILES string of the molecule is C1CC2CSCC1C2. The first kappa shape index (κ1) is 5.16. The van der Waals surface area contributed by atoms with Crippen LogP contribution < -0.4 is 0 Å². The minimum atomic E-state index is 1.12. The van der Waals surface area contributed by atoms with Crippen LogP contribution in [-0.2, 0) is 0 Å². The predicted octanol–water partition coefficient (Wildman–Crippen LogP) is 2.15. The van der Waals surface area contributed by atoms with Crippen LogP contribution >= 0.6 is 11.8 Å². The van der Waals surface area contributed by atoms with Gasteiger partial charge in [0.15, 0.2) is 0 Å². The fraction of sp³-hybridized carbons (Fsp3) is 1.00. The lowest BCUT2D eigenvalue weighted by molar-refractivity contribution is 0.551. The van der Waals surface area contributed by atoms with Crippen LogP contribution in [0, 0.1) is 11.8 Å². The Labute approximate surface area is 55.0 Å². The molecule has 1 saturated carbocycles. The quantitative estimate of drug-likeness (QED) is 0.481. The summed E-state index contributed by atoms with van der Waals surface area (Å²) in [6.07, 6.45) is 4.64. The number of thioether (sulfide) groups is 1. The van der Waals surface area contributed by atoms with Gasteiger partial charge in [0, 0.05) is 0 Å². The zero-order valence-electron chi connectivity index (χ0n) is 5.10. The predicted molar refractivity (Wildman–Crippen MR) is 38.2 cm³/mol. The summed E-state index contributed by atoms with van der Waals surface area (Å²) >= 11 is 2.17. The zero-order chi connectivity index (χ0) is 5.40. The number of rotatable bonds is 0. The topological polar surface area (TPSA) is 0 Å². The second-order valence-corrected chi connectivity index (χ2v) is 4.16. The van der Waals surface area contributed by atoms with E-state index < -0.39 is 0 Å². The average Bonchev–Trinajstić information content (AvgIpc) is 2.12. The fourth-order valence-corrected chi connectivity index (χ4v) is 3.29. The van der Waals surface area contributed by atoms with Crippen LogP contribution in [0.15, 0.2) is 0 Å². The van der Waals surface area contributed by atoms with Gasteiger partial charge in [-0.05, 0) is 42.6 Å². The van der Waals surface area contributed by atoms with Gasteiger partial charge in [-0.2, -0.15) is 11.8 Å². The monoisotopic (exact) mass is 128 g/mol. The molecular formula is C7H12S. The third kappa shape index (κ3) is 0.771. The lowest BCUT2D eigenvalue weighted by Crippen LogP contribution is -2.08. The van der Waals surface area contributed by atoms with Gasteiger partial charge in [0.2, 0.25) is 0 Å². The molecule has 46 valence electrons. The van der Waals surface area contributed by atoms with E-state index in [0.29, 0.717) is 0 Å². The van der Waals surface area contributed by atoms with Gasteiger partial charge < -0.3 is 0 Å². The van der Waals surface area contributed by atoms with E-state index in [9.17, 15) is 0 Å². The van der Waals surface area contributed by atoms with Gasteiger partial charge in [-0.25, -0.2) is 0 Å². The second-order valence-electron chi connectivity index (χ2n) is 3.08. The van der Waals surface area contributed by atoms with E-state index in [1.807, 2.05) is 0 Å². The Bertz CT molecular complexity index is 76.4. The van der Waals surface area contributed by atoms with Crippen LogP contribution in [0.1, 0.15) is 19.3 Å². The minimum Gasteiger partial charge on any atom is -0.161 e. The third-order valence-corrected chi connectivity index (χ3v) is 3.77. The van der Waals surface area contributed by atoms with Crippen molar-refractivity contribution in [2.24, 2.45) is 11.8 Å². The maximum absolute atomic E-state index is 2.17. The highest BCUT2D eigenvalue weighted by Crippen LogP contribution is 2.39. The molecule has 2 atom stereocenters. The number of hydrogen-bond donors (Lipinski definition) is 0. The highest BCUT2D eigenvalue weighted by molar-refractivity contribution is 7.99. The molecule has 1 saturated heterocycles. The lowest BCUT2D eigenvalue weighted by atomic mass is 10.1. The first-order valence-corrected chi connectivity index (χ1v) is 4.68. The van der Waals surface area contributed by atoms with Gasteiger partial charge in [-0.3, -0.25) is 0 Å². The molecule has 0 amide bonds.